The van der Waals surface area contributed by atoms with Gasteiger partial charge >= 0.3 is 5.97 Å². The number of hydrogen-bond donors (Lipinski definition) is 2. The summed E-state index contributed by atoms with van der Waals surface area (Å²) in [6, 6.07) is 15.3. The predicted molar refractivity (Wildman–Crippen MR) is 93.8 cm³/mol. The summed E-state index contributed by atoms with van der Waals surface area (Å²) in [6.45, 7) is 0. The number of benzene rings is 2. The minimum absolute atomic E-state index is 0.0165. The number of carbonyl (C=O) groups is 3. The molecule has 6 nitrogen and oxygen atoms in total. The first kappa shape index (κ1) is 16.4. The zero-order valence-electron chi connectivity index (χ0n) is 13.3. The normalized spacial score (nSPS) is 10.6. The smallest absolute Gasteiger partial charge is 0.335 e. The van der Waals surface area contributed by atoms with Gasteiger partial charge in [-0.05, 0) is 30.3 Å². The van der Waals surface area contributed by atoms with Gasteiger partial charge in [-0.1, -0.05) is 24.3 Å². The number of nitrogens with zero attached hydrogens (tertiary/aromatic N) is 1. The lowest BCUT2D eigenvalue weighted by atomic mass is 10.2. The molecule has 0 saturated heterocycles. The maximum atomic E-state index is 12.3. The molecule has 0 fully saturated rings. The van der Waals surface area contributed by atoms with E-state index in [0.29, 0.717) is 5.69 Å². The monoisotopic (exact) mass is 336 g/mol. The second-order valence-corrected chi connectivity index (χ2v) is 5.57. The maximum absolute atomic E-state index is 12.3. The van der Waals surface area contributed by atoms with Crippen LogP contribution in [0, 0.1) is 0 Å². The molecule has 3 rings (SSSR count). The summed E-state index contributed by atoms with van der Waals surface area (Å²) in [5.74, 6) is -1.58. The number of carboxylic acids is 1. The molecule has 0 aliphatic carbocycles. The summed E-state index contributed by atoms with van der Waals surface area (Å²) in [7, 11) is 0. The Balaban J connectivity index is 1.61. The van der Waals surface area contributed by atoms with E-state index in [4.69, 9.17) is 5.11 Å². The van der Waals surface area contributed by atoms with Crippen molar-refractivity contribution in [3.63, 3.8) is 0 Å². The van der Waals surface area contributed by atoms with Gasteiger partial charge < -0.3 is 10.4 Å². The lowest BCUT2D eigenvalue weighted by molar-refractivity contribution is -0.116. The summed E-state index contributed by atoms with van der Waals surface area (Å²) < 4.78 is 1.54. The number of anilines is 1. The number of carboxylic acid groups (broad SMARTS) is 1. The van der Waals surface area contributed by atoms with Gasteiger partial charge in [0, 0.05) is 30.1 Å². The summed E-state index contributed by atoms with van der Waals surface area (Å²) >= 11 is 0. The van der Waals surface area contributed by atoms with Crippen molar-refractivity contribution in [1.82, 2.24) is 4.57 Å². The molecule has 126 valence electrons. The number of amides is 1. The number of fused-ring (bicyclic) bond motifs is 1. The van der Waals surface area contributed by atoms with Crippen LogP contribution in [-0.2, 0) is 4.79 Å². The van der Waals surface area contributed by atoms with Gasteiger partial charge in [-0.3, -0.25) is 14.2 Å². The summed E-state index contributed by atoms with van der Waals surface area (Å²) in [4.78, 5) is 35.3. The highest BCUT2D eigenvalue weighted by Crippen LogP contribution is 2.16. The van der Waals surface area contributed by atoms with Crippen LogP contribution in [0.15, 0.2) is 60.8 Å². The largest absolute Gasteiger partial charge is 0.478 e. The second-order valence-electron chi connectivity index (χ2n) is 5.57. The van der Waals surface area contributed by atoms with Gasteiger partial charge in [0.15, 0.2) is 0 Å². The number of carbonyl (C=O) groups excluding carboxylic acids is 2. The topological polar surface area (TPSA) is 88.4 Å². The molecule has 25 heavy (non-hydrogen) atoms. The first-order valence-corrected chi connectivity index (χ1v) is 7.77. The number of para-hydroxylation sites is 1. The molecular formula is C19H16N2O4. The van der Waals surface area contributed by atoms with Gasteiger partial charge in [-0.25, -0.2) is 4.79 Å². The molecule has 2 aromatic carbocycles. The van der Waals surface area contributed by atoms with E-state index in [-0.39, 0.29) is 30.2 Å². The molecule has 2 N–H and O–H groups in total. The van der Waals surface area contributed by atoms with Crippen molar-refractivity contribution >= 4 is 34.4 Å². The molecule has 1 aromatic heterocycles. The van der Waals surface area contributed by atoms with E-state index >= 15 is 0 Å². The second kappa shape index (κ2) is 7.00. The molecule has 3 aromatic rings. The van der Waals surface area contributed by atoms with Gasteiger partial charge in [0.25, 0.3) is 0 Å². The number of hydrogen-bond acceptors (Lipinski definition) is 3. The average molecular weight is 336 g/mol. The van der Waals surface area contributed by atoms with E-state index in [1.54, 1.807) is 18.3 Å². The van der Waals surface area contributed by atoms with E-state index in [9.17, 15) is 14.4 Å². The van der Waals surface area contributed by atoms with Crippen molar-refractivity contribution in [2.24, 2.45) is 0 Å². The molecule has 0 bridgehead atoms. The van der Waals surface area contributed by atoms with Crippen molar-refractivity contribution in [3.05, 3.63) is 66.4 Å². The maximum Gasteiger partial charge on any atom is 0.335 e. The molecular weight excluding hydrogens is 320 g/mol. The van der Waals surface area contributed by atoms with Crippen LogP contribution in [0.5, 0.6) is 0 Å². The Morgan fingerprint density at radius 3 is 2.56 bits per heavy atom. The van der Waals surface area contributed by atoms with Gasteiger partial charge in [0.05, 0.1) is 11.1 Å². The molecule has 0 aliphatic rings. The predicted octanol–water partition coefficient (Wildman–Crippen LogP) is 3.40. The molecule has 0 atom stereocenters. The van der Waals surface area contributed by atoms with Crippen molar-refractivity contribution in [1.29, 1.82) is 0 Å². The molecule has 0 saturated carbocycles. The van der Waals surface area contributed by atoms with Crippen LogP contribution in [0.4, 0.5) is 5.69 Å². The van der Waals surface area contributed by atoms with E-state index in [1.807, 2.05) is 30.3 Å². The quantitative estimate of drug-likeness (QED) is 0.747. The van der Waals surface area contributed by atoms with Crippen LogP contribution in [0.3, 0.4) is 0 Å². The van der Waals surface area contributed by atoms with Crippen LogP contribution in [0.25, 0.3) is 10.9 Å². The Hall–Kier alpha value is -3.41. The van der Waals surface area contributed by atoms with Crippen LogP contribution in [0.1, 0.15) is 28.0 Å². The third kappa shape index (κ3) is 3.74. The Labute approximate surface area is 143 Å². The van der Waals surface area contributed by atoms with Gasteiger partial charge in [-0.15, -0.1) is 0 Å². The van der Waals surface area contributed by atoms with Gasteiger partial charge in [0.1, 0.15) is 0 Å². The highest BCUT2D eigenvalue weighted by atomic mass is 16.4. The molecule has 1 heterocycles. The molecule has 0 unspecified atom stereocenters. The first-order valence-electron chi connectivity index (χ1n) is 7.77. The Bertz CT molecular complexity index is 959. The number of rotatable bonds is 5. The zero-order chi connectivity index (χ0) is 17.8. The van der Waals surface area contributed by atoms with E-state index in [0.717, 1.165) is 10.9 Å². The Kier molecular flexibility index (Phi) is 4.61. The van der Waals surface area contributed by atoms with Crippen molar-refractivity contribution < 1.29 is 19.5 Å². The molecule has 6 heteroatoms. The van der Waals surface area contributed by atoms with Crippen LogP contribution >= 0.6 is 0 Å². The average Bonchev–Trinajstić information content (AvgIpc) is 3.04. The standard InChI is InChI=1S/C19H16N2O4/c22-17(20-15-6-3-5-14(12-15)19(24)25)8-9-18(23)21-11-10-13-4-1-2-7-16(13)21/h1-7,10-12H,8-9H2,(H,20,22)(H,24,25). The summed E-state index contributed by atoms with van der Waals surface area (Å²) in [5.41, 5.74) is 1.29. The summed E-state index contributed by atoms with van der Waals surface area (Å²) in [6.07, 6.45) is 1.77. The minimum atomic E-state index is -1.06. The SMILES string of the molecule is O=C(CCC(=O)n1ccc2ccccc21)Nc1cccc(C(=O)O)c1. The highest BCUT2D eigenvalue weighted by molar-refractivity contribution is 5.97. The van der Waals surface area contributed by atoms with Gasteiger partial charge in [0.2, 0.25) is 11.8 Å². The fourth-order valence-corrected chi connectivity index (χ4v) is 2.59. The summed E-state index contributed by atoms with van der Waals surface area (Å²) in [5, 5.41) is 12.5. The molecule has 0 aliphatic heterocycles. The first-order chi connectivity index (χ1) is 12.0. The lowest BCUT2D eigenvalue weighted by Gasteiger charge is -2.07. The van der Waals surface area contributed by atoms with Crippen molar-refractivity contribution in [2.75, 3.05) is 5.32 Å². The third-order valence-corrected chi connectivity index (χ3v) is 3.83. The van der Waals surface area contributed by atoms with Crippen molar-refractivity contribution in [3.8, 4) is 0 Å². The number of nitrogens with one attached hydrogen (secondary N) is 1. The molecule has 0 radical (unpaired) electrons. The Morgan fingerprint density at radius 2 is 1.76 bits per heavy atom. The minimum Gasteiger partial charge on any atom is -0.478 e. The van der Waals surface area contributed by atoms with E-state index < -0.39 is 5.97 Å². The molecule has 0 spiro atoms. The number of aromatic carboxylic acids is 1. The van der Waals surface area contributed by atoms with Crippen LogP contribution in [0.2, 0.25) is 0 Å². The molecule has 1 amide bonds. The van der Waals surface area contributed by atoms with Crippen LogP contribution in [-0.4, -0.2) is 27.5 Å². The highest BCUT2D eigenvalue weighted by Gasteiger charge is 2.12. The van der Waals surface area contributed by atoms with E-state index in [2.05, 4.69) is 5.32 Å². The van der Waals surface area contributed by atoms with E-state index in [1.165, 1.54) is 16.7 Å². The third-order valence-electron chi connectivity index (χ3n) is 3.83. The lowest BCUT2D eigenvalue weighted by Crippen LogP contribution is -2.16. The van der Waals surface area contributed by atoms with Gasteiger partial charge in [-0.2, -0.15) is 0 Å². The van der Waals surface area contributed by atoms with Crippen LogP contribution < -0.4 is 5.32 Å². The fraction of sp³-hybridized carbons (Fsp3) is 0.105. The Morgan fingerprint density at radius 1 is 0.960 bits per heavy atom. The van der Waals surface area contributed by atoms with Crippen molar-refractivity contribution in [2.45, 2.75) is 12.8 Å². The number of aromatic nitrogens is 1. The zero-order valence-corrected chi connectivity index (χ0v) is 13.3. The fourth-order valence-electron chi connectivity index (χ4n) is 2.59.